The predicted molar refractivity (Wildman–Crippen MR) is 88.2 cm³/mol. The van der Waals surface area contributed by atoms with Gasteiger partial charge in [-0.1, -0.05) is 37.8 Å². The van der Waals surface area contributed by atoms with E-state index in [0.717, 1.165) is 13.0 Å². The number of carbonyl (C=O) groups is 1. The second-order valence-electron chi connectivity index (χ2n) is 5.95. The standard InChI is InChI=1S/C15H27N7O/c1-2-3-4-5-6-7-22-12-13(18-19-22)14(23)20-8-10-21(11-9-20)15(16)17/h12H,2-11H2,1H3,(H3,16,17). The minimum absolute atomic E-state index is 0.0612. The molecule has 1 aromatic rings. The third kappa shape index (κ3) is 4.94. The average Bonchev–Trinajstić information content (AvgIpc) is 3.03. The van der Waals surface area contributed by atoms with Gasteiger partial charge in [0.2, 0.25) is 0 Å². The van der Waals surface area contributed by atoms with Gasteiger partial charge in [0.15, 0.2) is 11.7 Å². The summed E-state index contributed by atoms with van der Waals surface area (Å²) in [5.41, 5.74) is 5.86. The van der Waals surface area contributed by atoms with E-state index < -0.39 is 0 Å². The molecule has 0 atom stereocenters. The third-order valence-electron chi connectivity index (χ3n) is 4.16. The van der Waals surface area contributed by atoms with Gasteiger partial charge in [-0.3, -0.25) is 14.9 Å². The summed E-state index contributed by atoms with van der Waals surface area (Å²) in [6.45, 7) is 5.30. The second kappa shape index (κ2) is 8.50. The molecule has 1 fully saturated rings. The van der Waals surface area contributed by atoms with Crippen LogP contribution in [0.4, 0.5) is 0 Å². The number of rotatable bonds is 7. The number of aromatic nitrogens is 3. The highest BCUT2D eigenvalue weighted by molar-refractivity contribution is 5.92. The maximum atomic E-state index is 12.4. The van der Waals surface area contributed by atoms with Crippen molar-refractivity contribution in [3.05, 3.63) is 11.9 Å². The normalized spacial score (nSPS) is 15.0. The molecule has 0 saturated carbocycles. The Balaban J connectivity index is 1.78. The van der Waals surface area contributed by atoms with Gasteiger partial charge in [0.05, 0.1) is 6.20 Å². The minimum Gasteiger partial charge on any atom is -0.370 e. The summed E-state index contributed by atoms with van der Waals surface area (Å²) in [6.07, 6.45) is 7.74. The van der Waals surface area contributed by atoms with Crippen molar-refractivity contribution in [2.75, 3.05) is 26.2 Å². The van der Waals surface area contributed by atoms with E-state index in [1.165, 1.54) is 25.7 Å². The van der Waals surface area contributed by atoms with Crippen LogP contribution in [0.5, 0.6) is 0 Å². The summed E-state index contributed by atoms with van der Waals surface area (Å²) in [5, 5.41) is 15.5. The Morgan fingerprint density at radius 1 is 1.17 bits per heavy atom. The monoisotopic (exact) mass is 321 g/mol. The number of nitrogens with one attached hydrogen (secondary N) is 1. The number of nitrogens with zero attached hydrogens (tertiary/aromatic N) is 5. The Bertz CT molecular complexity index is 520. The maximum Gasteiger partial charge on any atom is 0.276 e. The molecule has 0 bridgehead atoms. The van der Waals surface area contributed by atoms with Crippen molar-refractivity contribution in [2.24, 2.45) is 5.73 Å². The van der Waals surface area contributed by atoms with Gasteiger partial charge in [0, 0.05) is 32.7 Å². The summed E-state index contributed by atoms with van der Waals surface area (Å²) in [7, 11) is 0. The van der Waals surface area contributed by atoms with Gasteiger partial charge in [-0.25, -0.2) is 0 Å². The van der Waals surface area contributed by atoms with Crippen LogP contribution in [-0.4, -0.2) is 62.8 Å². The van der Waals surface area contributed by atoms with Crippen molar-refractivity contribution in [3.8, 4) is 0 Å². The number of piperazine rings is 1. The number of nitrogens with two attached hydrogens (primary N) is 1. The molecule has 1 aliphatic heterocycles. The lowest BCUT2D eigenvalue weighted by molar-refractivity contribution is 0.0684. The molecule has 8 heteroatoms. The van der Waals surface area contributed by atoms with Crippen LogP contribution in [0.3, 0.4) is 0 Å². The average molecular weight is 321 g/mol. The molecule has 0 unspecified atom stereocenters. The fraction of sp³-hybridized carbons (Fsp3) is 0.733. The van der Waals surface area contributed by atoms with Gasteiger partial charge in [-0.15, -0.1) is 5.10 Å². The Labute approximate surface area is 137 Å². The van der Waals surface area contributed by atoms with Gasteiger partial charge in [-0.2, -0.15) is 0 Å². The topological polar surface area (TPSA) is 104 Å². The molecular weight excluding hydrogens is 294 g/mol. The summed E-state index contributed by atoms with van der Waals surface area (Å²) in [4.78, 5) is 15.9. The van der Waals surface area contributed by atoms with Gasteiger partial charge in [0.25, 0.3) is 5.91 Å². The maximum absolute atomic E-state index is 12.4. The molecule has 1 amide bonds. The number of aryl methyl sites for hydroxylation is 1. The van der Waals surface area contributed by atoms with Crippen LogP contribution in [0.2, 0.25) is 0 Å². The number of hydrogen-bond acceptors (Lipinski definition) is 4. The van der Waals surface area contributed by atoms with Crippen LogP contribution >= 0.6 is 0 Å². The quantitative estimate of drug-likeness (QED) is 0.441. The van der Waals surface area contributed by atoms with Crippen LogP contribution in [0.15, 0.2) is 6.20 Å². The largest absolute Gasteiger partial charge is 0.370 e. The van der Waals surface area contributed by atoms with Crippen LogP contribution in [0.25, 0.3) is 0 Å². The highest BCUT2D eigenvalue weighted by Crippen LogP contribution is 2.08. The molecule has 3 N–H and O–H groups in total. The van der Waals surface area contributed by atoms with Crippen molar-refractivity contribution < 1.29 is 4.79 Å². The first-order valence-corrected chi connectivity index (χ1v) is 8.40. The molecule has 1 aliphatic rings. The number of amides is 1. The zero-order valence-corrected chi connectivity index (χ0v) is 13.9. The number of guanidine groups is 1. The van der Waals surface area contributed by atoms with Crippen molar-refractivity contribution in [1.82, 2.24) is 24.8 Å². The van der Waals surface area contributed by atoms with E-state index in [0.29, 0.717) is 31.9 Å². The molecule has 1 aromatic heterocycles. The van der Waals surface area contributed by atoms with Crippen molar-refractivity contribution in [1.29, 1.82) is 5.41 Å². The number of carbonyl (C=O) groups excluding carboxylic acids is 1. The van der Waals surface area contributed by atoms with E-state index in [2.05, 4.69) is 17.2 Å². The molecule has 2 rings (SSSR count). The Kier molecular flexibility index (Phi) is 6.37. The van der Waals surface area contributed by atoms with Crippen LogP contribution < -0.4 is 5.73 Å². The van der Waals surface area contributed by atoms with Crippen LogP contribution in [0.1, 0.15) is 49.5 Å². The highest BCUT2D eigenvalue weighted by atomic mass is 16.2. The molecule has 0 aromatic carbocycles. The fourth-order valence-electron chi connectivity index (χ4n) is 2.70. The Morgan fingerprint density at radius 2 is 1.83 bits per heavy atom. The number of unbranched alkanes of at least 4 members (excludes halogenated alkanes) is 4. The predicted octanol–water partition coefficient (Wildman–Crippen LogP) is 0.900. The van der Waals surface area contributed by atoms with Gasteiger partial charge in [-0.05, 0) is 6.42 Å². The summed E-state index contributed by atoms with van der Waals surface area (Å²) >= 11 is 0. The van der Waals surface area contributed by atoms with Crippen molar-refractivity contribution in [3.63, 3.8) is 0 Å². The first-order valence-electron chi connectivity index (χ1n) is 8.40. The lowest BCUT2D eigenvalue weighted by Crippen LogP contribution is -2.52. The lowest BCUT2D eigenvalue weighted by Gasteiger charge is -2.34. The van der Waals surface area contributed by atoms with Gasteiger partial charge in [0.1, 0.15) is 0 Å². The molecule has 0 aliphatic carbocycles. The van der Waals surface area contributed by atoms with Crippen molar-refractivity contribution >= 4 is 11.9 Å². The molecule has 8 nitrogen and oxygen atoms in total. The third-order valence-corrected chi connectivity index (χ3v) is 4.16. The lowest BCUT2D eigenvalue weighted by atomic mass is 10.1. The zero-order chi connectivity index (χ0) is 16.7. The second-order valence-corrected chi connectivity index (χ2v) is 5.95. The van der Waals surface area contributed by atoms with Gasteiger partial charge < -0.3 is 15.5 Å². The highest BCUT2D eigenvalue weighted by Gasteiger charge is 2.24. The molecule has 0 spiro atoms. The van der Waals surface area contributed by atoms with E-state index in [1.54, 1.807) is 20.7 Å². The zero-order valence-electron chi connectivity index (χ0n) is 13.9. The Hall–Kier alpha value is -2.12. The summed E-state index contributed by atoms with van der Waals surface area (Å²) in [5.74, 6) is -0.0310. The first kappa shape index (κ1) is 17.2. The smallest absolute Gasteiger partial charge is 0.276 e. The molecule has 128 valence electrons. The summed E-state index contributed by atoms with van der Waals surface area (Å²) < 4.78 is 1.75. The van der Waals surface area contributed by atoms with Crippen LogP contribution in [-0.2, 0) is 6.54 Å². The molecular formula is C15H27N7O. The Morgan fingerprint density at radius 3 is 2.48 bits per heavy atom. The fourth-order valence-corrected chi connectivity index (χ4v) is 2.70. The summed E-state index contributed by atoms with van der Waals surface area (Å²) in [6, 6.07) is 0. The minimum atomic E-state index is -0.0922. The SMILES string of the molecule is CCCCCCCn1cc(C(=O)N2CCN(C(=N)N)CC2)nn1. The molecule has 23 heavy (non-hydrogen) atoms. The molecule has 1 saturated heterocycles. The first-order chi connectivity index (χ1) is 11.1. The van der Waals surface area contributed by atoms with E-state index in [4.69, 9.17) is 11.1 Å². The number of hydrogen-bond donors (Lipinski definition) is 2. The van der Waals surface area contributed by atoms with Crippen molar-refractivity contribution in [2.45, 2.75) is 45.6 Å². The van der Waals surface area contributed by atoms with Crippen LogP contribution in [0, 0.1) is 5.41 Å². The molecule has 2 heterocycles. The van der Waals surface area contributed by atoms with E-state index in [9.17, 15) is 4.79 Å². The van der Waals surface area contributed by atoms with Gasteiger partial charge >= 0.3 is 0 Å². The van der Waals surface area contributed by atoms with E-state index >= 15 is 0 Å². The van der Waals surface area contributed by atoms with E-state index in [1.807, 2.05) is 0 Å². The van der Waals surface area contributed by atoms with E-state index in [-0.39, 0.29) is 11.9 Å². The molecule has 0 radical (unpaired) electrons.